The first-order chi connectivity index (χ1) is 13.2. The van der Waals surface area contributed by atoms with Gasteiger partial charge in [0.05, 0.1) is 26.9 Å². The Balaban J connectivity index is 1.96. The number of anilines is 1. The van der Waals surface area contributed by atoms with Crippen LogP contribution in [0.4, 0.5) is 5.69 Å². The molecule has 1 saturated carbocycles. The Kier molecular flexibility index (Phi) is 9.21. The molecule has 0 radical (unpaired) electrons. The largest absolute Gasteiger partial charge is 0.493 e. The van der Waals surface area contributed by atoms with Crippen LogP contribution in [0.2, 0.25) is 0 Å². The van der Waals surface area contributed by atoms with Crippen LogP contribution in [0.25, 0.3) is 0 Å². The zero-order valence-electron chi connectivity index (χ0n) is 17.1. The second-order valence-electron chi connectivity index (χ2n) is 6.44. The predicted molar refractivity (Wildman–Crippen MR) is 110 cm³/mol. The van der Waals surface area contributed by atoms with Gasteiger partial charge in [-0.1, -0.05) is 0 Å². The Bertz CT molecular complexity index is 591. The van der Waals surface area contributed by atoms with Gasteiger partial charge in [0, 0.05) is 44.5 Å². The molecule has 2 rings (SSSR count). The van der Waals surface area contributed by atoms with E-state index in [0.717, 1.165) is 50.2 Å². The van der Waals surface area contributed by atoms with E-state index >= 15 is 0 Å². The average molecular weight is 379 g/mol. The van der Waals surface area contributed by atoms with Gasteiger partial charge in [0.15, 0.2) is 17.5 Å². The van der Waals surface area contributed by atoms with E-state index in [9.17, 15) is 0 Å². The van der Waals surface area contributed by atoms with E-state index < -0.39 is 0 Å². The smallest absolute Gasteiger partial charge is 0.195 e. The maximum atomic E-state index is 5.57. The first-order valence-corrected chi connectivity index (χ1v) is 9.80. The van der Waals surface area contributed by atoms with Gasteiger partial charge in [0.1, 0.15) is 0 Å². The molecule has 152 valence electrons. The van der Waals surface area contributed by atoms with Gasteiger partial charge in [0.2, 0.25) is 0 Å². The summed E-state index contributed by atoms with van der Waals surface area (Å²) in [5.41, 5.74) is 0.911. The number of methoxy groups -OCH3 is 2. The molecule has 7 heteroatoms. The molecule has 2 N–H and O–H groups in total. The molecule has 0 bridgehead atoms. The van der Waals surface area contributed by atoms with E-state index in [2.05, 4.69) is 22.5 Å². The summed E-state index contributed by atoms with van der Waals surface area (Å²) < 4.78 is 16.2. The first-order valence-electron chi connectivity index (χ1n) is 9.80. The van der Waals surface area contributed by atoms with Crippen molar-refractivity contribution >= 4 is 11.6 Å². The summed E-state index contributed by atoms with van der Waals surface area (Å²) in [5.74, 6) is 2.22. The van der Waals surface area contributed by atoms with Crippen molar-refractivity contribution < 1.29 is 14.2 Å². The predicted octanol–water partition coefficient (Wildman–Crippen LogP) is 2.58. The first kappa shape index (κ1) is 21.3. The lowest BCUT2D eigenvalue weighted by atomic mass is 10.2. The number of guanidine groups is 1. The van der Waals surface area contributed by atoms with Crippen LogP contribution >= 0.6 is 0 Å². The third-order valence-corrected chi connectivity index (χ3v) is 4.37. The Labute approximate surface area is 163 Å². The molecule has 0 aliphatic heterocycles. The average Bonchev–Trinajstić information content (AvgIpc) is 3.51. The summed E-state index contributed by atoms with van der Waals surface area (Å²) in [4.78, 5) is 7.19. The maximum Gasteiger partial charge on any atom is 0.195 e. The fourth-order valence-corrected chi connectivity index (χ4v) is 2.88. The van der Waals surface area contributed by atoms with Crippen LogP contribution in [-0.2, 0) is 4.74 Å². The van der Waals surface area contributed by atoms with Crippen LogP contribution in [0.15, 0.2) is 23.2 Å². The summed E-state index contributed by atoms with van der Waals surface area (Å²) >= 11 is 0. The lowest BCUT2D eigenvalue weighted by Crippen LogP contribution is -2.34. The highest BCUT2D eigenvalue weighted by molar-refractivity contribution is 5.93. The van der Waals surface area contributed by atoms with E-state index in [0.29, 0.717) is 18.4 Å². The lowest BCUT2D eigenvalue weighted by Gasteiger charge is -2.20. The van der Waals surface area contributed by atoms with Crippen molar-refractivity contribution in [1.82, 2.24) is 10.2 Å². The maximum absolute atomic E-state index is 5.57. The van der Waals surface area contributed by atoms with E-state index in [-0.39, 0.29) is 0 Å². The van der Waals surface area contributed by atoms with Crippen molar-refractivity contribution in [2.24, 2.45) is 4.99 Å². The molecule has 1 fully saturated rings. The van der Waals surface area contributed by atoms with E-state index in [1.807, 2.05) is 25.1 Å². The van der Waals surface area contributed by atoms with Gasteiger partial charge in [-0.05, 0) is 38.8 Å². The number of nitrogens with one attached hydrogen (secondary N) is 2. The Morgan fingerprint density at radius 2 is 2.00 bits per heavy atom. The van der Waals surface area contributed by atoms with Crippen LogP contribution < -0.4 is 20.1 Å². The Hall–Kier alpha value is -1.99. The molecule has 0 heterocycles. The van der Waals surface area contributed by atoms with Crippen LogP contribution in [-0.4, -0.2) is 70.5 Å². The number of hydrogen-bond donors (Lipinski definition) is 2. The number of nitrogens with zero attached hydrogens (tertiary/aromatic N) is 2. The van der Waals surface area contributed by atoms with E-state index in [1.54, 1.807) is 14.2 Å². The second kappa shape index (κ2) is 11.7. The molecule has 0 unspecified atom stereocenters. The zero-order valence-corrected chi connectivity index (χ0v) is 17.1. The molecule has 1 aliphatic rings. The van der Waals surface area contributed by atoms with Crippen molar-refractivity contribution in [1.29, 1.82) is 0 Å². The highest BCUT2D eigenvalue weighted by atomic mass is 16.5. The standard InChI is InChI=1S/C20H34N4O3/c1-5-21-20(22-11-12-24(13-14-25-3)17-8-9-17)23-16-7-10-18(27-6-2)19(15-16)26-4/h7,10,15,17H,5-6,8-9,11-14H2,1-4H3,(H2,21,22,23). The third-order valence-electron chi connectivity index (χ3n) is 4.37. The van der Waals surface area contributed by atoms with Crippen LogP contribution in [0.3, 0.4) is 0 Å². The van der Waals surface area contributed by atoms with Gasteiger partial charge in [-0.25, -0.2) is 0 Å². The minimum atomic E-state index is 0.605. The van der Waals surface area contributed by atoms with Crippen LogP contribution in [0.5, 0.6) is 11.5 Å². The van der Waals surface area contributed by atoms with Crippen LogP contribution in [0, 0.1) is 0 Å². The third kappa shape index (κ3) is 7.27. The minimum Gasteiger partial charge on any atom is -0.493 e. The summed E-state index contributed by atoms with van der Waals surface area (Å²) in [6, 6.07) is 6.51. The van der Waals surface area contributed by atoms with Gasteiger partial charge in [-0.2, -0.15) is 0 Å². The highest BCUT2D eigenvalue weighted by Crippen LogP contribution is 2.30. The molecule has 27 heavy (non-hydrogen) atoms. The monoisotopic (exact) mass is 378 g/mol. The molecular formula is C20H34N4O3. The zero-order chi connectivity index (χ0) is 19.5. The Morgan fingerprint density at radius 1 is 1.19 bits per heavy atom. The molecule has 1 aliphatic carbocycles. The summed E-state index contributed by atoms with van der Waals surface area (Å²) in [5, 5.41) is 6.64. The molecule has 0 aromatic heterocycles. The van der Waals surface area contributed by atoms with Crippen molar-refractivity contribution in [3.05, 3.63) is 18.2 Å². The molecule has 0 spiro atoms. The number of ether oxygens (including phenoxy) is 3. The van der Waals surface area contributed by atoms with Crippen molar-refractivity contribution in [2.45, 2.75) is 32.7 Å². The highest BCUT2D eigenvalue weighted by Gasteiger charge is 2.28. The summed E-state index contributed by atoms with van der Waals surface area (Å²) in [6.45, 7) is 8.84. The van der Waals surface area contributed by atoms with Gasteiger partial charge >= 0.3 is 0 Å². The summed E-state index contributed by atoms with van der Waals surface area (Å²) in [6.07, 6.45) is 2.58. The SMILES string of the molecule is CCNC(=NCCN(CCOC)C1CC1)Nc1ccc(OCC)c(OC)c1. The number of benzene rings is 1. The molecule has 1 aromatic rings. The molecule has 1 aromatic carbocycles. The normalized spacial score (nSPS) is 14.3. The van der Waals surface area contributed by atoms with Gasteiger partial charge in [0.25, 0.3) is 0 Å². The van der Waals surface area contributed by atoms with E-state index in [4.69, 9.17) is 19.2 Å². The van der Waals surface area contributed by atoms with Crippen molar-refractivity contribution in [3.8, 4) is 11.5 Å². The quantitative estimate of drug-likeness (QED) is 0.430. The lowest BCUT2D eigenvalue weighted by molar-refractivity contribution is 0.145. The molecule has 0 saturated heterocycles. The minimum absolute atomic E-state index is 0.605. The number of aliphatic imine (C=N–C) groups is 1. The van der Waals surface area contributed by atoms with Crippen molar-refractivity contribution in [3.63, 3.8) is 0 Å². The van der Waals surface area contributed by atoms with Crippen LogP contribution in [0.1, 0.15) is 26.7 Å². The molecule has 0 amide bonds. The van der Waals surface area contributed by atoms with Gasteiger partial charge in [-0.15, -0.1) is 0 Å². The Morgan fingerprint density at radius 3 is 2.63 bits per heavy atom. The molecule has 7 nitrogen and oxygen atoms in total. The number of hydrogen-bond acceptors (Lipinski definition) is 5. The van der Waals surface area contributed by atoms with Crippen molar-refractivity contribution in [2.75, 3.05) is 58.9 Å². The van der Waals surface area contributed by atoms with E-state index in [1.165, 1.54) is 12.8 Å². The fourth-order valence-electron chi connectivity index (χ4n) is 2.88. The molecule has 0 atom stereocenters. The topological polar surface area (TPSA) is 67.4 Å². The molecular weight excluding hydrogens is 344 g/mol. The second-order valence-corrected chi connectivity index (χ2v) is 6.44. The van der Waals surface area contributed by atoms with Gasteiger partial charge < -0.3 is 24.8 Å². The fraction of sp³-hybridized carbons (Fsp3) is 0.650. The number of rotatable bonds is 12. The summed E-state index contributed by atoms with van der Waals surface area (Å²) in [7, 11) is 3.40. The van der Waals surface area contributed by atoms with Gasteiger partial charge in [-0.3, -0.25) is 9.89 Å².